The predicted molar refractivity (Wildman–Crippen MR) is 41.1 cm³/mol. The highest BCUT2D eigenvalue weighted by atomic mass is 79.9. The molecule has 0 amide bonds. The summed E-state index contributed by atoms with van der Waals surface area (Å²) in [6.45, 7) is 0. The van der Waals surface area contributed by atoms with Crippen molar-refractivity contribution in [1.82, 2.24) is 9.97 Å². The van der Waals surface area contributed by atoms with Crippen LogP contribution in [-0.4, -0.2) is 23.0 Å². The van der Waals surface area contributed by atoms with Crippen molar-refractivity contribution >= 4 is 21.9 Å². The molecular weight excluding hydrogens is 212 g/mol. The van der Waals surface area contributed by atoms with Crippen LogP contribution in [0.4, 0.5) is 0 Å². The fraction of sp³-hybridized carbons (Fsp3) is 0.167. The van der Waals surface area contributed by atoms with Crippen molar-refractivity contribution in [2.45, 2.75) is 0 Å². The Kier molecular flexibility index (Phi) is 2.53. The average molecular weight is 217 g/mol. The van der Waals surface area contributed by atoms with Crippen molar-refractivity contribution in [1.29, 1.82) is 0 Å². The molecule has 1 aromatic rings. The quantitative estimate of drug-likeness (QED) is 0.659. The monoisotopic (exact) mass is 216 g/mol. The molecule has 1 aromatic heterocycles. The molecule has 11 heavy (non-hydrogen) atoms. The van der Waals surface area contributed by atoms with Crippen molar-refractivity contribution in [2.24, 2.45) is 0 Å². The lowest BCUT2D eigenvalue weighted by atomic mass is 10.4. The van der Waals surface area contributed by atoms with Gasteiger partial charge in [-0.05, 0) is 15.9 Å². The van der Waals surface area contributed by atoms with Crippen LogP contribution >= 0.6 is 15.9 Å². The Morgan fingerprint density at radius 3 is 3.00 bits per heavy atom. The molecule has 0 fully saturated rings. The van der Waals surface area contributed by atoms with Crippen LogP contribution in [0.15, 0.2) is 17.0 Å². The molecule has 0 bridgehead atoms. The fourth-order valence-electron chi connectivity index (χ4n) is 0.560. The van der Waals surface area contributed by atoms with Crippen LogP contribution in [0.2, 0.25) is 0 Å². The molecule has 0 saturated heterocycles. The minimum absolute atomic E-state index is 0.238. The Morgan fingerprint density at radius 1 is 1.73 bits per heavy atom. The first-order chi connectivity index (χ1) is 5.25. The molecule has 0 aliphatic carbocycles. The van der Waals surface area contributed by atoms with Gasteiger partial charge in [-0.3, -0.25) is 0 Å². The lowest BCUT2D eigenvalue weighted by Gasteiger charge is -1.97. The number of carbonyl (C=O) groups excluding carboxylic acids is 1. The lowest BCUT2D eigenvalue weighted by molar-refractivity contribution is 0.0592. The minimum Gasteiger partial charge on any atom is -0.464 e. The van der Waals surface area contributed by atoms with Gasteiger partial charge in [-0.25, -0.2) is 14.8 Å². The topological polar surface area (TPSA) is 52.1 Å². The van der Waals surface area contributed by atoms with Crippen LogP contribution in [0.1, 0.15) is 10.5 Å². The first-order valence-electron chi connectivity index (χ1n) is 2.79. The van der Waals surface area contributed by atoms with Crippen LogP contribution < -0.4 is 0 Å². The van der Waals surface area contributed by atoms with Crippen molar-refractivity contribution in [2.75, 3.05) is 7.11 Å². The molecule has 0 saturated carbocycles. The van der Waals surface area contributed by atoms with E-state index in [1.54, 1.807) is 0 Å². The number of rotatable bonds is 1. The van der Waals surface area contributed by atoms with Gasteiger partial charge in [0.1, 0.15) is 6.33 Å². The Labute approximate surface area is 71.7 Å². The zero-order chi connectivity index (χ0) is 8.27. The van der Waals surface area contributed by atoms with E-state index in [9.17, 15) is 4.79 Å². The summed E-state index contributed by atoms with van der Waals surface area (Å²) in [6.07, 6.45) is 2.77. The lowest BCUT2D eigenvalue weighted by Crippen LogP contribution is -2.05. The molecule has 58 valence electrons. The summed E-state index contributed by atoms with van der Waals surface area (Å²) in [6, 6.07) is 0. The highest BCUT2D eigenvalue weighted by Gasteiger charge is 2.10. The van der Waals surface area contributed by atoms with E-state index in [0.717, 1.165) is 0 Å². The van der Waals surface area contributed by atoms with E-state index in [1.807, 2.05) is 0 Å². The summed E-state index contributed by atoms with van der Waals surface area (Å²) in [5, 5.41) is 0. The highest BCUT2D eigenvalue weighted by molar-refractivity contribution is 9.10. The van der Waals surface area contributed by atoms with Gasteiger partial charge in [-0.2, -0.15) is 0 Å². The van der Waals surface area contributed by atoms with Gasteiger partial charge in [0, 0.05) is 6.20 Å². The average Bonchev–Trinajstić information content (AvgIpc) is 2.04. The Morgan fingerprint density at radius 2 is 2.45 bits per heavy atom. The third-order valence-electron chi connectivity index (χ3n) is 1.05. The second-order valence-corrected chi connectivity index (χ2v) is 2.57. The van der Waals surface area contributed by atoms with Gasteiger partial charge < -0.3 is 4.74 Å². The number of esters is 1. The van der Waals surface area contributed by atoms with Gasteiger partial charge in [-0.1, -0.05) is 0 Å². The summed E-state index contributed by atoms with van der Waals surface area (Å²) in [4.78, 5) is 18.3. The highest BCUT2D eigenvalue weighted by Crippen LogP contribution is 2.11. The van der Waals surface area contributed by atoms with Crippen LogP contribution in [0.3, 0.4) is 0 Å². The summed E-state index contributed by atoms with van der Waals surface area (Å²) >= 11 is 3.11. The van der Waals surface area contributed by atoms with E-state index in [0.29, 0.717) is 4.47 Å². The standard InChI is InChI=1S/C6H5BrN2O2/c1-11-6(10)5-4(7)2-8-3-9-5/h2-3H,1H3. The van der Waals surface area contributed by atoms with Gasteiger partial charge in [0.15, 0.2) is 5.69 Å². The smallest absolute Gasteiger partial charge is 0.357 e. The van der Waals surface area contributed by atoms with Gasteiger partial charge >= 0.3 is 5.97 Å². The maximum Gasteiger partial charge on any atom is 0.357 e. The zero-order valence-corrected chi connectivity index (χ0v) is 7.33. The van der Waals surface area contributed by atoms with Gasteiger partial charge in [-0.15, -0.1) is 0 Å². The fourth-order valence-corrected chi connectivity index (χ4v) is 0.942. The molecule has 1 heterocycles. The Balaban J connectivity index is 3.03. The van der Waals surface area contributed by atoms with Gasteiger partial charge in [0.25, 0.3) is 0 Å². The molecule has 5 heteroatoms. The molecular formula is C6H5BrN2O2. The molecule has 4 nitrogen and oxygen atoms in total. The van der Waals surface area contributed by atoms with E-state index in [1.165, 1.54) is 19.6 Å². The van der Waals surface area contributed by atoms with Gasteiger partial charge in [0.2, 0.25) is 0 Å². The normalized spacial score (nSPS) is 9.27. The van der Waals surface area contributed by atoms with E-state index >= 15 is 0 Å². The molecule has 0 aromatic carbocycles. The number of hydrogen-bond acceptors (Lipinski definition) is 4. The van der Waals surface area contributed by atoms with Crippen LogP contribution in [0.25, 0.3) is 0 Å². The number of nitrogens with zero attached hydrogens (tertiary/aromatic N) is 2. The number of methoxy groups -OCH3 is 1. The molecule has 0 spiro atoms. The van der Waals surface area contributed by atoms with E-state index in [-0.39, 0.29) is 5.69 Å². The molecule has 1 rings (SSSR count). The first kappa shape index (κ1) is 8.13. The number of hydrogen-bond donors (Lipinski definition) is 0. The Hall–Kier alpha value is -0.970. The summed E-state index contributed by atoms with van der Waals surface area (Å²) in [7, 11) is 1.30. The number of aromatic nitrogens is 2. The molecule has 0 atom stereocenters. The van der Waals surface area contributed by atoms with E-state index < -0.39 is 5.97 Å². The summed E-state index contributed by atoms with van der Waals surface area (Å²) in [5.74, 6) is -0.473. The molecule has 0 aliphatic rings. The van der Waals surface area contributed by atoms with Crippen LogP contribution in [0.5, 0.6) is 0 Å². The van der Waals surface area contributed by atoms with Crippen LogP contribution in [0, 0.1) is 0 Å². The van der Waals surface area contributed by atoms with Crippen molar-refractivity contribution in [3.05, 3.63) is 22.7 Å². The zero-order valence-electron chi connectivity index (χ0n) is 5.74. The van der Waals surface area contributed by atoms with E-state index in [4.69, 9.17) is 0 Å². The van der Waals surface area contributed by atoms with E-state index in [2.05, 4.69) is 30.6 Å². The predicted octanol–water partition coefficient (Wildman–Crippen LogP) is 1.03. The summed E-state index contributed by atoms with van der Waals surface area (Å²) < 4.78 is 4.99. The molecule has 0 aliphatic heterocycles. The first-order valence-corrected chi connectivity index (χ1v) is 3.59. The van der Waals surface area contributed by atoms with Gasteiger partial charge in [0.05, 0.1) is 11.6 Å². The summed E-state index contributed by atoms with van der Waals surface area (Å²) in [5.41, 5.74) is 0.238. The third-order valence-corrected chi connectivity index (χ3v) is 1.63. The number of halogens is 1. The largest absolute Gasteiger partial charge is 0.464 e. The Bertz CT molecular complexity index is 277. The van der Waals surface area contributed by atoms with Crippen molar-refractivity contribution in [3.8, 4) is 0 Å². The maximum absolute atomic E-state index is 10.9. The van der Waals surface area contributed by atoms with Crippen molar-refractivity contribution in [3.63, 3.8) is 0 Å². The number of ether oxygens (including phenoxy) is 1. The minimum atomic E-state index is -0.473. The van der Waals surface area contributed by atoms with Crippen molar-refractivity contribution < 1.29 is 9.53 Å². The second kappa shape index (κ2) is 3.43. The molecule has 0 unspecified atom stereocenters. The second-order valence-electron chi connectivity index (χ2n) is 1.71. The SMILES string of the molecule is COC(=O)c1ncncc1Br. The third kappa shape index (κ3) is 1.74. The molecule has 0 radical (unpaired) electrons. The molecule has 0 N–H and O–H groups in total. The number of carbonyl (C=O) groups is 1. The van der Waals surface area contributed by atoms with Crippen LogP contribution in [-0.2, 0) is 4.74 Å². The maximum atomic E-state index is 10.9.